The highest BCUT2D eigenvalue weighted by Gasteiger charge is 2.13. The zero-order valence-electron chi connectivity index (χ0n) is 16.1. The van der Waals surface area contributed by atoms with Gasteiger partial charge in [-0.3, -0.25) is 4.79 Å². The van der Waals surface area contributed by atoms with Crippen LogP contribution >= 0.6 is 0 Å². The van der Waals surface area contributed by atoms with Crippen LogP contribution in [0.4, 0.5) is 5.69 Å². The van der Waals surface area contributed by atoms with Crippen LogP contribution in [0.2, 0.25) is 0 Å². The van der Waals surface area contributed by atoms with Crippen molar-refractivity contribution in [2.75, 3.05) is 12.4 Å². The quantitative estimate of drug-likeness (QED) is 0.556. The van der Waals surface area contributed by atoms with Crippen molar-refractivity contribution >= 4 is 17.2 Å². The zero-order valence-corrected chi connectivity index (χ0v) is 16.1. The Kier molecular flexibility index (Phi) is 4.57. The number of nitrogens with one attached hydrogen (secondary N) is 1. The number of ether oxygens (including phenoxy) is 1. The van der Waals surface area contributed by atoms with Gasteiger partial charge in [-0.1, -0.05) is 17.7 Å². The molecule has 2 aromatic heterocycles. The van der Waals surface area contributed by atoms with Gasteiger partial charge < -0.3 is 14.5 Å². The van der Waals surface area contributed by atoms with E-state index < -0.39 is 0 Å². The molecule has 0 saturated heterocycles. The Bertz CT molecular complexity index is 1160. The Morgan fingerprint density at radius 1 is 1.00 bits per heavy atom. The highest BCUT2D eigenvalue weighted by Crippen LogP contribution is 2.31. The fourth-order valence-electron chi connectivity index (χ4n) is 3.09. The number of rotatable bonds is 4. The molecule has 0 aliphatic carbocycles. The lowest BCUT2D eigenvalue weighted by molar-refractivity contribution is 0.102. The second-order valence-electron chi connectivity index (χ2n) is 6.83. The maximum absolute atomic E-state index is 12.6. The van der Waals surface area contributed by atoms with Gasteiger partial charge in [0.2, 0.25) is 0 Å². The number of hydrogen-bond donors (Lipinski definition) is 1. The molecule has 0 spiro atoms. The van der Waals surface area contributed by atoms with E-state index in [0.29, 0.717) is 17.0 Å². The molecule has 0 radical (unpaired) electrons. The van der Waals surface area contributed by atoms with Gasteiger partial charge in [0.1, 0.15) is 11.4 Å². The molecule has 2 heterocycles. The number of carbonyl (C=O) groups excluding carboxylic acids is 1. The van der Waals surface area contributed by atoms with E-state index in [2.05, 4.69) is 5.32 Å². The van der Waals surface area contributed by atoms with E-state index in [1.807, 2.05) is 85.2 Å². The first-order valence-electron chi connectivity index (χ1n) is 9.05. The van der Waals surface area contributed by atoms with Crippen molar-refractivity contribution in [1.82, 2.24) is 9.38 Å². The summed E-state index contributed by atoms with van der Waals surface area (Å²) < 4.78 is 7.41. The summed E-state index contributed by atoms with van der Waals surface area (Å²) in [5.41, 5.74) is 6.10. The number of nitrogens with zero attached hydrogens (tertiary/aromatic N) is 2. The van der Waals surface area contributed by atoms with Gasteiger partial charge in [0, 0.05) is 23.5 Å². The molecule has 1 amide bonds. The number of methoxy groups -OCH3 is 1. The Hall–Kier alpha value is -3.60. The van der Waals surface area contributed by atoms with E-state index in [4.69, 9.17) is 9.72 Å². The predicted octanol–water partition coefficient (Wildman–Crippen LogP) is 4.88. The average molecular weight is 371 g/mol. The number of aryl methyl sites for hydroxylation is 2. The molecule has 0 atom stereocenters. The largest absolute Gasteiger partial charge is 0.495 e. The summed E-state index contributed by atoms with van der Waals surface area (Å²) in [5.74, 6) is 0.421. The van der Waals surface area contributed by atoms with Crippen LogP contribution in [0.3, 0.4) is 0 Å². The third kappa shape index (κ3) is 3.47. The smallest absolute Gasteiger partial charge is 0.255 e. The molecule has 0 aliphatic heterocycles. The summed E-state index contributed by atoms with van der Waals surface area (Å²) in [6.45, 7) is 4.03. The van der Waals surface area contributed by atoms with E-state index in [9.17, 15) is 4.79 Å². The normalized spacial score (nSPS) is 10.8. The number of benzene rings is 2. The molecule has 140 valence electrons. The van der Waals surface area contributed by atoms with Crippen molar-refractivity contribution in [2.24, 2.45) is 0 Å². The summed E-state index contributed by atoms with van der Waals surface area (Å²) in [6, 6.07) is 17.2. The number of anilines is 1. The molecule has 4 rings (SSSR count). The van der Waals surface area contributed by atoms with Crippen LogP contribution in [0.5, 0.6) is 5.75 Å². The van der Waals surface area contributed by atoms with Gasteiger partial charge in [0.15, 0.2) is 0 Å². The van der Waals surface area contributed by atoms with Gasteiger partial charge in [0.25, 0.3) is 5.91 Å². The number of aromatic nitrogens is 2. The van der Waals surface area contributed by atoms with Gasteiger partial charge in [-0.05, 0) is 61.9 Å². The minimum atomic E-state index is -0.180. The van der Waals surface area contributed by atoms with Gasteiger partial charge in [-0.25, -0.2) is 4.98 Å². The standard InChI is InChI=1S/C23H21N3O2/c1-15-4-6-17(7-5-15)23(27)25-19-13-18(8-9-21(19)28-3)20-14-26-11-10-16(2)12-22(26)24-20/h4-14H,1-3H3,(H,25,27). The van der Waals surface area contributed by atoms with E-state index in [0.717, 1.165) is 28.0 Å². The summed E-state index contributed by atoms with van der Waals surface area (Å²) in [6.07, 6.45) is 3.97. The van der Waals surface area contributed by atoms with Gasteiger partial charge in [-0.15, -0.1) is 0 Å². The van der Waals surface area contributed by atoms with Crippen LogP contribution in [0.1, 0.15) is 21.5 Å². The summed E-state index contributed by atoms with van der Waals surface area (Å²) in [5, 5.41) is 2.95. The van der Waals surface area contributed by atoms with E-state index >= 15 is 0 Å². The van der Waals surface area contributed by atoms with Gasteiger partial charge in [0.05, 0.1) is 18.5 Å². The van der Waals surface area contributed by atoms with Crippen LogP contribution in [0.25, 0.3) is 16.9 Å². The molecule has 5 nitrogen and oxygen atoms in total. The second-order valence-corrected chi connectivity index (χ2v) is 6.83. The second kappa shape index (κ2) is 7.19. The van der Waals surface area contributed by atoms with Gasteiger partial charge in [-0.2, -0.15) is 0 Å². The lowest BCUT2D eigenvalue weighted by atomic mass is 10.1. The molecule has 5 heteroatoms. The molecule has 0 bridgehead atoms. The number of amides is 1. The van der Waals surface area contributed by atoms with Crippen LogP contribution in [-0.2, 0) is 0 Å². The average Bonchev–Trinajstić information content (AvgIpc) is 3.11. The van der Waals surface area contributed by atoms with Crippen molar-refractivity contribution in [3.05, 3.63) is 83.7 Å². The monoisotopic (exact) mass is 371 g/mol. The number of pyridine rings is 1. The minimum absolute atomic E-state index is 0.180. The highest BCUT2D eigenvalue weighted by molar-refractivity contribution is 6.05. The van der Waals surface area contributed by atoms with Crippen LogP contribution in [0.15, 0.2) is 67.0 Å². The number of carbonyl (C=O) groups is 1. The molecule has 0 aliphatic rings. The molecule has 2 aromatic carbocycles. The molecule has 4 aromatic rings. The molecule has 0 fully saturated rings. The number of fused-ring (bicyclic) bond motifs is 1. The molecule has 0 saturated carbocycles. The SMILES string of the molecule is COc1ccc(-c2cn3ccc(C)cc3n2)cc1NC(=O)c1ccc(C)cc1. The molecular formula is C23H21N3O2. The number of hydrogen-bond acceptors (Lipinski definition) is 3. The van der Waals surface area contributed by atoms with Crippen LogP contribution in [-0.4, -0.2) is 22.4 Å². The first kappa shape index (κ1) is 17.8. The summed E-state index contributed by atoms with van der Waals surface area (Å²) in [4.78, 5) is 17.3. The first-order chi connectivity index (χ1) is 13.5. The molecule has 1 N–H and O–H groups in total. The number of imidazole rings is 1. The Morgan fingerprint density at radius 2 is 1.79 bits per heavy atom. The van der Waals surface area contributed by atoms with Crippen molar-refractivity contribution in [3.63, 3.8) is 0 Å². The van der Waals surface area contributed by atoms with Crippen LogP contribution in [0, 0.1) is 13.8 Å². The van der Waals surface area contributed by atoms with Crippen molar-refractivity contribution in [3.8, 4) is 17.0 Å². The van der Waals surface area contributed by atoms with Crippen molar-refractivity contribution in [2.45, 2.75) is 13.8 Å². The van der Waals surface area contributed by atoms with E-state index in [-0.39, 0.29) is 5.91 Å². The lowest BCUT2D eigenvalue weighted by Crippen LogP contribution is -2.12. The van der Waals surface area contributed by atoms with E-state index in [1.165, 1.54) is 0 Å². The molecular weight excluding hydrogens is 350 g/mol. The van der Waals surface area contributed by atoms with Crippen LogP contribution < -0.4 is 10.1 Å². The topological polar surface area (TPSA) is 55.6 Å². The van der Waals surface area contributed by atoms with Crippen molar-refractivity contribution < 1.29 is 9.53 Å². The zero-order chi connectivity index (χ0) is 19.7. The lowest BCUT2D eigenvalue weighted by Gasteiger charge is -2.12. The maximum Gasteiger partial charge on any atom is 0.255 e. The van der Waals surface area contributed by atoms with E-state index in [1.54, 1.807) is 7.11 Å². The van der Waals surface area contributed by atoms with Crippen molar-refractivity contribution in [1.29, 1.82) is 0 Å². The summed E-state index contributed by atoms with van der Waals surface area (Å²) in [7, 11) is 1.59. The predicted molar refractivity (Wildman–Crippen MR) is 111 cm³/mol. The molecule has 28 heavy (non-hydrogen) atoms. The Labute approximate surface area is 163 Å². The highest BCUT2D eigenvalue weighted by atomic mass is 16.5. The maximum atomic E-state index is 12.6. The Morgan fingerprint density at radius 3 is 2.54 bits per heavy atom. The first-order valence-corrected chi connectivity index (χ1v) is 9.05. The fourth-order valence-corrected chi connectivity index (χ4v) is 3.09. The minimum Gasteiger partial charge on any atom is -0.495 e. The Balaban J connectivity index is 1.68. The van der Waals surface area contributed by atoms with Gasteiger partial charge >= 0.3 is 0 Å². The molecule has 0 unspecified atom stereocenters. The fraction of sp³-hybridized carbons (Fsp3) is 0.130. The third-order valence-electron chi connectivity index (χ3n) is 4.67. The third-order valence-corrected chi connectivity index (χ3v) is 4.67. The summed E-state index contributed by atoms with van der Waals surface area (Å²) >= 11 is 0.